The second-order valence-corrected chi connectivity index (χ2v) is 7.74. The number of aromatic nitrogens is 2. The van der Waals surface area contributed by atoms with E-state index in [0.29, 0.717) is 0 Å². The summed E-state index contributed by atoms with van der Waals surface area (Å²) in [6.07, 6.45) is 8.04. The summed E-state index contributed by atoms with van der Waals surface area (Å²) in [4.78, 5) is 23.7. The topological polar surface area (TPSA) is 58.1 Å². The molecule has 0 bridgehead atoms. The molecule has 2 aliphatic carbocycles. The minimum absolute atomic E-state index is 0.0142. The molecular formula is C20H27FN4O. The van der Waals surface area contributed by atoms with Gasteiger partial charge in [-0.05, 0) is 57.4 Å². The Morgan fingerprint density at radius 3 is 2.85 bits per heavy atom. The molecule has 1 aromatic heterocycles. The number of halogens is 1. The van der Waals surface area contributed by atoms with Crippen LogP contribution in [0.2, 0.25) is 0 Å². The van der Waals surface area contributed by atoms with Gasteiger partial charge in [-0.2, -0.15) is 0 Å². The minimum Gasteiger partial charge on any atom is -0.356 e. The van der Waals surface area contributed by atoms with Crippen LogP contribution in [0.4, 0.5) is 10.2 Å². The van der Waals surface area contributed by atoms with Crippen LogP contribution in [-0.4, -0.2) is 41.7 Å². The lowest BCUT2D eigenvalue weighted by atomic mass is 9.89. The number of anilines is 1. The predicted octanol–water partition coefficient (Wildman–Crippen LogP) is 3.05. The fraction of sp³-hybridized carbons (Fsp3) is 0.650. The molecule has 6 heteroatoms. The monoisotopic (exact) mass is 358 g/mol. The average Bonchev–Trinajstić information content (AvgIpc) is 3.14. The molecule has 0 aromatic carbocycles. The van der Waals surface area contributed by atoms with E-state index in [1.807, 2.05) is 0 Å². The van der Waals surface area contributed by atoms with Crippen LogP contribution in [0.3, 0.4) is 0 Å². The van der Waals surface area contributed by atoms with Crippen LogP contribution in [0.15, 0.2) is 11.9 Å². The third kappa shape index (κ3) is 3.33. The maximum atomic E-state index is 12.9. The summed E-state index contributed by atoms with van der Waals surface area (Å²) in [5.41, 5.74) is 5.55. The number of hydrogen-bond donors (Lipinski definition) is 1. The van der Waals surface area contributed by atoms with E-state index in [-0.39, 0.29) is 18.4 Å². The molecule has 1 saturated heterocycles. The Bertz CT molecular complexity index is 723. The number of carbonyl (C=O) groups is 1. The number of amides is 1. The Hall–Kier alpha value is -1.98. The van der Waals surface area contributed by atoms with Gasteiger partial charge in [0.15, 0.2) is 0 Å². The number of alkyl halides is 1. The number of hydrogen-bond acceptors (Lipinski definition) is 4. The zero-order valence-corrected chi connectivity index (χ0v) is 15.4. The highest BCUT2D eigenvalue weighted by atomic mass is 19.1. The lowest BCUT2D eigenvalue weighted by Gasteiger charge is -2.34. The van der Waals surface area contributed by atoms with Gasteiger partial charge in [-0.3, -0.25) is 4.79 Å². The van der Waals surface area contributed by atoms with Crippen molar-refractivity contribution in [3.05, 3.63) is 23.2 Å². The first-order valence-electron chi connectivity index (χ1n) is 9.85. The lowest BCUT2D eigenvalue weighted by Crippen LogP contribution is -2.42. The molecule has 1 N–H and O–H groups in total. The van der Waals surface area contributed by atoms with Crippen molar-refractivity contribution in [3.63, 3.8) is 0 Å². The van der Waals surface area contributed by atoms with E-state index in [9.17, 15) is 9.18 Å². The van der Waals surface area contributed by atoms with Gasteiger partial charge in [-0.1, -0.05) is 5.57 Å². The van der Waals surface area contributed by atoms with Crippen molar-refractivity contribution >= 4 is 17.3 Å². The van der Waals surface area contributed by atoms with Gasteiger partial charge in [0.05, 0.1) is 5.69 Å². The van der Waals surface area contributed by atoms with Crippen molar-refractivity contribution in [3.8, 4) is 0 Å². The third-order valence-corrected chi connectivity index (χ3v) is 5.93. The van der Waals surface area contributed by atoms with E-state index in [4.69, 9.17) is 0 Å². The highest BCUT2D eigenvalue weighted by molar-refractivity contribution is 5.82. The zero-order valence-electron chi connectivity index (χ0n) is 15.4. The second-order valence-electron chi connectivity index (χ2n) is 7.74. The summed E-state index contributed by atoms with van der Waals surface area (Å²) in [6, 6.07) is 0. The Kier molecular flexibility index (Phi) is 4.92. The van der Waals surface area contributed by atoms with Crippen LogP contribution in [0, 0.1) is 5.92 Å². The first-order valence-corrected chi connectivity index (χ1v) is 9.85. The number of aryl methyl sites for hydroxylation is 1. The predicted molar refractivity (Wildman–Crippen MR) is 99.6 cm³/mol. The van der Waals surface area contributed by atoms with E-state index in [2.05, 4.69) is 20.2 Å². The molecule has 26 heavy (non-hydrogen) atoms. The average molecular weight is 358 g/mol. The maximum Gasteiger partial charge on any atom is 0.223 e. The van der Waals surface area contributed by atoms with Gasteiger partial charge in [0, 0.05) is 31.1 Å². The molecular weight excluding hydrogens is 331 g/mol. The minimum atomic E-state index is -1.000. The number of fused-ring (bicyclic) bond motifs is 2. The molecule has 0 spiro atoms. The molecule has 2 heterocycles. The van der Waals surface area contributed by atoms with Gasteiger partial charge in [0.2, 0.25) is 5.91 Å². The first kappa shape index (κ1) is 17.4. The van der Waals surface area contributed by atoms with Crippen molar-refractivity contribution in [2.24, 2.45) is 5.92 Å². The van der Waals surface area contributed by atoms with E-state index in [1.165, 1.54) is 36.6 Å². The number of nitrogens with one attached hydrogen (secondary N) is 1. The Morgan fingerprint density at radius 1 is 1.27 bits per heavy atom. The van der Waals surface area contributed by atoms with Crippen LogP contribution >= 0.6 is 0 Å². The first-order chi connectivity index (χ1) is 12.6. The smallest absolute Gasteiger partial charge is 0.223 e. The summed E-state index contributed by atoms with van der Waals surface area (Å²) in [5.74, 6) is 1.02. The molecule has 140 valence electrons. The van der Waals surface area contributed by atoms with Gasteiger partial charge in [-0.25, -0.2) is 14.4 Å². The fourth-order valence-electron chi connectivity index (χ4n) is 4.54. The van der Waals surface area contributed by atoms with Crippen LogP contribution in [0.1, 0.15) is 56.7 Å². The molecule has 1 aromatic rings. The lowest BCUT2D eigenvalue weighted by molar-refractivity contribution is -0.125. The van der Waals surface area contributed by atoms with Crippen LogP contribution < -0.4 is 10.2 Å². The van der Waals surface area contributed by atoms with Crippen molar-refractivity contribution in [1.82, 2.24) is 15.3 Å². The van der Waals surface area contributed by atoms with Gasteiger partial charge >= 0.3 is 0 Å². The van der Waals surface area contributed by atoms with Gasteiger partial charge in [0.1, 0.15) is 18.3 Å². The molecule has 1 atom stereocenters. The third-order valence-electron chi connectivity index (χ3n) is 5.93. The quantitative estimate of drug-likeness (QED) is 0.899. The summed E-state index contributed by atoms with van der Waals surface area (Å²) >= 11 is 0. The Balaban J connectivity index is 1.47. The van der Waals surface area contributed by atoms with E-state index in [1.54, 1.807) is 11.9 Å². The Labute approximate surface area is 154 Å². The highest BCUT2D eigenvalue weighted by Crippen LogP contribution is 2.44. The zero-order chi connectivity index (χ0) is 18.1. The number of nitrogens with zero attached hydrogens (tertiary/aromatic N) is 3. The summed E-state index contributed by atoms with van der Waals surface area (Å²) < 4.78 is 12.9. The summed E-state index contributed by atoms with van der Waals surface area (Å²) in [5, 5.41) is 2.72. The highest BCUT2D eigenvalue weighted by Gasteiger charge is 2.31. The maximum absolute atomic E-state index is 12.9. The SMILES string of the molecule is CC(F)CNC(=O)C1CCN(c2ncnc3c2C2=C(CCC2)CC3)CC1. The van der Waals surface area contributed by atoms with E-state index < -0.39 is 6.17 Å². The molecule has 4 rings (SSSR count). The van der Waals surface area contributed by atoms with Gasteiger partial charge in [0.25, 0.3) is 0 Å². The van der Waals surface area contributed by atoms with Gasteiger partial charge in [-0.15, -0.1) is 0 Å². The normalized spacial score (nSPS) is 21.4. The van der Waals surface area contributed by atoms with Crippen molar-refractivity contribution < 1.29 is 9.18 Å². The number of piperidine rings is 1. The van der Waals surface area contributed by atoms with Crippen LogP contribution in [0.5, 0.6) is 0 Å². The largest absolute Gasteiger partial charge is 0.356 e. The molecule has 0 radical (unpaired) electrons. The van der Waals surface area contributed by atoms with E-state index in [0.717, 1.165) is 51.0 Å². The van der Waals surface area contributed by atoms with Crippen molar-refractivity contribution in [2.45, 2.75) is 58.0 Å². The molecule has 1 unspecified atom stereocenters. The van der Waals surface area contributed by atoms with Crippen LogP contribution in [0.25, 0.3) is 5.57 Å². The molecule has 1 aliphatic heterocycles. The standard InChI is InChI=1S/C20H27FN4O/c1-13(21)11-22-20(26)15-7-9-25(10-8-15)19-18-16-4-2-3-14(16)5-6-17(18)23-12-24-19/h12-13,15H,2-11H2,1H3,(H,22,26). The molecule has 3 aliphatic rings. The second kappa shape index (κ2) is 7.33. The van der Waals surface area contributed by atoms with E-state index >= 15 is 0 Å². The molecule has 1 amide bonds. The molecule has 0 saturated carbocycles. The summed E-state index contributed by atoms with van der Waals surface area (Å²) in [7, 11) is 0. The van der Waals surface area contributed by atoms with Crippen LogP contribution in [-0.2, 0) is 11.2 Å². The van der Waals surface area contributed by atoms with Crippen molar-refractivity contribution in [1.29, 1.82) is 0 Å². The number of carbonyl (C=O) groups excluding carboxylic acids is 1. The van der Waals surface area contributed by atoms with Crippen molar-refractivity contribution in [2.75, 3.05) is 24.5 Å². The molecule has 1 fully saturated rings. The van der Waals surface area contributed by atoms with Gasteiger partial charge < -0.3 is 10.2 Å². The summed E-state index contributed by atoms with van der Waals surface area (Å²) in [6.45, 7) is 3.20. The fourth-order valence-corrected chi connectivity index (χ4v) is 4.54. The number of allylic oxidation sites excluding steroid dienone is 2. The Morgan fingerprint density at radius 2 is 2.08 bits per heavy atom. The number of rotatable bonds is 4. The molecule has 5 nitrogen and oxygen atoms in total.